The van der Waals surface area contributed by atoms with Crippen LogP contribution in [-0.2, 0) is 20.9 Å². The second-order valence-electron chi connectivity index (χ2n) is 7.26. The van der Waals surface area contributed by atoms with Crippen LogP contribution in [0.4, 0.5) is 5.69 Å². The monoisotopic (exact) mass is 440 g/mol. The molecule has 1 saturated heterocycles. The van der Waals surface area contributed by atoms with Gasteiger partial charge in [-0.2, -0.15) is 5.10 Å². The van der Waals surface area contributed by atoms with E-state index >= 15 is 0 Å². The fourth-order valence-corrected chi connectivity index (χ4v) is 4.22. The number of aromatic nitrogens is 3. The zero-order chi connectivity index (χ0) is 21.6. The number of hydrogen-bond acceptors (Lipinski definition) is 7. The molecule has 1 aromatic heterocycles. The molecule has 1 amide bonds. The molecule has 3 N–H and O–H groups in total. The Morgan fingerprint density at radius 1 is 1.23 bits per heavy atom. The molecule has 2 heterocycles. The van der Waals surface area contributed by atoms with E-state index in [0.29, 0.717) is 17.9 Å². The number of nitrogens with zero attached hydrogens (tertiary/aromatic N) is 2. The summed E-state index contributed by atoms with van der Waals surface area (Å²) in [7, 11) is 0. The highest BCUT2D eigenvalue weighted by Crippen LogP contribution is 2.39. The third-order valence-corrected chi connectivity index (χ3v) is 5.90. The molecule has 0 bridgehead atoms. The molecule has 0 radical (unpaired) electrons. The average Bonchev–Trinajstić information content (AvgIpc) is 3.31. The van der Waals surface area contributed by atoms with E-state index in [9.17, 15) is 9.90 Å². The largest absolute Gasteiger partial charge is 0.392 e. The predicted molar refractivity (Wildman–Crippen MR) is 116 cm³/mol. The van der Waals surface area contributed by atoms with Crippen molar-refractivity contribution in [2.75, 3.05) is 11.1 Å². The molecule has 0 spiro atoms. The average molecular weight is 441 g/mol. The Morgan fingerprint density at radius 2 is 2.06 bits per heavy atom. The molecular formula is C22H24N4O4S. The molecule has 4 rings (SSSR count). The molecule has 3 atom stereocenters. The van der Waals surface area contributed by atoms with Crippen LogP contribution in [0.25, 0.3) is 0 Å². The van der Waals surface area contributed by atoms with Gasteiger partial charge < -0.3 is 19.9 Å². The molecular weight excluding hydrogens is 416 g/mol. The Morgan fingerprint density at radius 3 is 2.77 bits per heavy atom. The number of benzene rings is 2. The lowest BCUT2D eigenvalue weighted by Crippen LogP contribution is -2.31. The third-order valence-electron chi connectivity index (χ3n) is 4.89. The summed E-state index contributed by atoms with van der Waals surface area (Å²) in [6.07, 6.45) is 1.33. The minimum absolute atomic E-state index is 0.00390. The van der Waals surface area contributed by atoms with Crippen LogP contribution in [0.2, 0.25) is 0 Å². The van der Waals surface area contributed by atoms with Gasteiger partial charge in [-0.05, 0) is 23.3 Å². The molecule has 0 aliphatic carbocycles. The number of anilines is 1. The van der Waals surface area contributed by atoms with Gasteiger partial charge in [0, 0.05) is 30.3 Å². The van der Waals surface area contributed by atoms with Crippen molar-refractivity contribution in [2.45, 2.75) is 43.6 Å². The second kappa shape index (κ2) is 10.1. The van der Waals surface area contributed by atoms with Crippen molar-refractivity contribution < 1.29 is 19.4 Å². The van der Waals surface area contributed by atoms with Crippen molar-refractivity contribution >= 4 is 23.4 Å². The summed E-state index contributed by atoms with van der Waals surface area (Å²) in [6, 6.07) is 15.2. The lowest BCUT2D eigenvalue weighted by atomic mass is 10.0. The van der Waals surface area contributed by atoms with Crippen LogP contribution in [0.5, 0.6) is 0 Å². The van der Waals surface area contributed by atoms with Gasteiger partial charge >= 0.3 is 0 Å². The first-order valence-corrected chi connectivity index (χ1v) is 11.0. The highest BCUT2D eigenvalue weighted by molar-refractivity contribution is 7.99. The van der Waals surface area contributed by atoms with Crippen LogP contribution < -0.4 is 5.32 Å². The van der Waals surface area contributed by atoms with Crippen molar-refractivity contribution in [3.8, 4) is 0 Å². The molecule has 3 aromatic rings. The highest BCUT2D eigenvalue weighted by atomic mass is 32.2. The summed E-state index contributed by atoms with van der Waals surface area (Å²) in [4.78, 5) is 15.6. The second-order valence-corrected chi connectivity index (χ2v) is 8.27. The van der Waals surface area contributed by atoms with E-state index in [-0.39, 0.29) is 24.7 Å². The molecule has 9 heteroatoms. The Kier molecular flexibility index (Phi) is 6.98. The number of aromatic amines is 1. The van der Waals surface area contributed by atoms with Crippen LogP contribution in [-0.4, -0.2) is 38.1 Å². The maximum absolute atomic E-state index is 11.4. The van der Waals surface area contributed by atoms with E-state index in [0.717, 1.165) is 21.8 Å². The number of H-pyrrole nitrogens is 1. The number of ether oxygens (including phenoxy) is 2. The van der Waals surface area contributed by atoms with E-state index < -0.39 is 6.29 Å². The van der Waals surface area contributed by atoms with Crippen LogP contribution in [0.1, 0.15) is 42.4 Å². The van der Waals surface area contributed by atoms with Gasteiger partial charge in [0.25, 0.3) is 0 Å². The van der Waals surface area contributed by atoms with Gasteiger partial charge in [0.1, 0.15) is 6.33 Å². The number of carbonyl (C=O) groups excluding carboxylic acids is 1. The normalized spacial score (nSPS) is 21.0. The zero-order valence-corrected chi connectivity index (χ0v) is 17.8. The number of aliphatic hydroxyl groups excluding tert-OH is 1. The van der Waals surface area contributed by atoms with Gasteiger partial charge in [0.2, 0.25) is 5.91 Å². The summed E-state index contributed by atoms with van der Waals surface area (Å²) < 4.78 is 12.6. The molecule has 31 heavy (non-hydrogen) atoms. The molecule has 1 aliphatic rings. The molecule has 8 nitrogen and oxygen atoms in total. The summed E-state index contributed by atoms with van der Waals surface area (Å²) >= 11 is 1.55. The molecule has 1 aliphatic heterocycles. The SMILES string of the molecule is CC(=O)Nc1cccc([C@H]2O[C@@H](CSc3ncn[nH]3)C[C@@H](c3ccc(CO)cc3)O2)c1. The molecule has 0 unspecified atom stereocenters. The molecule has 1 fully saturated rings. The van der Waals surface area contributed by atoms with Crippen molar-refractivity contribution in [1.82, 2.24) is 15.2 Å². The van der Waals surface area contributed by atoms with Gasteiger partial charge in [-0.1, -0.05) is 48.2 Å². The van der Waals surface area contributed by atoms with E-state index in [4.69, 9.17) is 9.47 Å². The summed E-state index contributed by atoms with van der Waals surface area (Å²) in [5, 5.41) is 19.6. The van der Waals surface area contributed by atoms with Crippen molar-refractivity contribution in [3.63, 3.8) is 0 Å². The van der Waals surface area contributed by atoms with Crippen LogP contribution >= 0.6 is 11.8 Å². The maximum atomic E-state index is 11.4. The number of thioether (sulfide) groups is 1. The lowest BCUT2D eigenvalue weighted by Gasteiger charge is -2.36. The van der Waals surface area contributed by atoms with E-state index in [1.807, 2.05) is 48.5 Å². The van der Waals surface area contributed by atoms with Crippen molar-refractivity contribution in [3.05, 3.63) is 71.5 Å². The van der Waals surface area contributed by atoms with E-state index in [1.165, 1.54) is 13.3 Å². The predicted octanol–water partition coefficient (Wildman–Crippen LogP) is 3.59. The number of amides is 1. The molecule has 162 valence electrons. The van der Waals surface area contributed by atoms with E-state index in [2.05, 4.69) is 20.5 Å². The maximum Gasteiger partial charge on any atom is 0.221 e. The van der Waals surface area contributed by atoms with E-state index in [1.54, 1.807) is 11.8 Å². The fourth-order valence-electron chi connectivity index (χ4n) is 3.42. The lowest BCUT2D eigenvalue weighted by molar-refractivity contribution is -0.245. The summed E-state index contributed by atoms with van der Waals surface area (Å²) in [5.41, 5.74) is 3.41. The minimum atomic E-state index is -0.578. The minimum Gasteiger partial charge on any atom is -0.392 e. The zero-order valence-electron chi connectivity index (χ0n) is 17.0. The van der Waals surface area contributed by atoms with Crippen molar-refractivity contribution in [2.24, 2.45) is 0 Å². The van der Waals surface area contributed by atoms with Gasteiger partial charge in [-0.3, -0.25) is 9.89 Å². The number of rotatable bonds is 7. The molecule has 2 aromatic carbocycles. The van der Waals surface area contributed by atoms with Crippen LogP contribution in [0.15, 0.2) is 60.0 Å². The van der Waals surface area contributed by atoms with Gasteiger partial charge in [-0.25, -0.2) is 4.98 Å². The third kappa shape index (κ3) is 5.71. The fraction of sp³-hybridized carbons (Fsp3) is 0.318. The number of nitrogens with one attached hydrogen (secondary N) is 2. The summed E-state index contributed by atoms with van der Waals surface area (Å²) in [5.74, 6) is 0.553. The highest BCUT2D eigenvalue weighted by Gasteiger charge is 2.32. The first-order valence-electron chi connectivity index (χ1n) is 9.97. The van der Waals surface area contributed by atoms with Crippen LogP contribution in [0, 0.1) is 0 Å². The van der Waals surface area contributed by atoms with Crippen molar-refractivity contribution in [1.29, 1.82) is 0 Å². The van der Waals surface area contributed by atoms with Gasteiger partial charge in [0.15, 0.2) is 11.4 Å². The van der Waals surface area contributed by atoms with Gasteiger partial charge in [-0.15, -0.1) is 0 Å². The Bertz CT molecular complexity index is 997. The number of hydrogen-bond donors (Lipinski definition) is 3. The summed E-state index contributed by atoms with van der Waals surface area (Å²) in [6.45, 7) is 1.48. The first-order chi connectivity index (χ1) is 15.1. The topological polar surface area (TPSA) is 109 Å². The smallest absolute Gasteiger partial charge is 0.221 e. The number of carbonyl (C=O) groups is 1. The Hall–Kier alpha value is -2.72. The Labute approximate surface area is 184 Å². The first kappa shape index (κ1) is 21.5. The van der Waals surface area contributed by atoms with Crippen LogP contribution in [0.3, 0.4) is 0 Å². The number of aliphatic hydroxyl groups is 1. The van der Waals surface area contributed by atoms with Gasteiger partial charge in [0.05, 0.1) is 18.8 Å². The quantitative estimate of drug-likeness (QED) is 0.482. The Balaban J connectivity index is 1.55. The molecule has 0 saturated carbocycles. The standard InChI is InChI=1S/C22H24N4O4S/c1-14(28)25-18-4-2-3-17(9-18)21-29-19(12-31-22-23-13-24-26-22)10-20(30-21)16-7-5-15(11-27)6-8-16/h2-9,13,19-21,27H,10-12H2,1H3,(H,25,28)(H,23,24,26)/t19-,20+,21+/m1/s1.